The molecular weight excluding hydrogens is 330 g/mol. The van der Waals surface area contributed by atoms with Crippen LogP contribution < -0.4 is 10.6 Å². The van der Waals surface area contributed by atoms with Gasteiger partial charge in [-0.2, -0.15) is 0 Å². The van der Waals surface area contributed by atoms with Crippen LogP contribution in [-0.4, -0.2) is 35.3 Å². The van der Waals surface area contributed by atoms with Crippen molar-refractivity contribution in [1.82, 2.24) is 15.5 Å². The lowest BCUT2D eigenvalue weighted by atomic mass is 9.91. The van der Waals surface area contributed by atoms with Gasteiger partial charge in [-0.1, -0.05) is 49.1 Å². The Morgan fingerprint density at radius 1 is 1.19 bits per heavy atom. The smallest absolute Gasteiger partial charge is 0.325 e. The maximum Gasteiger partial charge on any atom is 0.325 e. The summed E-state index contributed by atoms with van der Waals surface area (Å²) < 4.78 is 0. The maximum atomic E-state index is 12.8. The van der Waals surface area contributed by atoms with Crippen LogP contribution in [0, 0.1) is 6.92 Å². The van der Waals surface area contributed by atoms with Gasteiger partial charge >= 0.3 is 6.03 Å². The first-order valence-electron chi connectivity index (χ1n) is 9.41. The molecule has 1 aromatic carbocycles. The number of imide groups is 1. The van der Waals surface area contributed by atoms with E-state index in [2.05, 4.69) is 10.6 Å². The molecule has 4 amide bonds. The number of urea groups is 1. The Morgan fingerprint density at radius 2 is 1.85 bits per heavy atom. The molecule has 1 saturated carbocycles. The lowest BCUT2D eigenvalue weighted by Crippen LogP contribution is -2.42. The zero-order valence-corrected chi connectivity index (χ0v) is 15.5. The molecule has 1 unspecified atom stereocenters. The van der Waals surface area contributed by atoms with Crippen molar-refractivity contribution in [3.63, 3.8) is 0 Å². The Bertz CT molecular complexity index is 695. The van der Waals surface area contributed by atoms with Crippen molar-refractivity contribution in [2.75, 3.05) is 6.54 Å². The van der Waals surface area contributed by atoms with E-state index in [4.69, 9.17) is 0 Å². The SMILES string of the molecule is Cc1ccc(C2(C)NC(=O)N(CCC(=O)NC3CCCCC3)C2=O)cc1. The largest absolute Gasteiger partial charge is 0.353 e. The molecule has 3 rings (SSSR count). The molecule has 1 heterocycles. The van der Waals surface area contributed by atoms with Gasteiger partial charge < -0.3 is 10.6 Å². The van der Waals surface area contributed by atoms with Crippen LogP contribution in [0.4, 0.5) is 4.79 Å². The highest BCUT2D eigenvalue weighted by Crippen LogP contribution is 2.29. The van der Waals surface area contributed by atoms with Crippen LogP contribution in [0.15, 0.2) is 24.3 Å². The third-order valence-corrected chi connectivity index (χ3v) is 5.44. The molecule has 2 N–H and O–H groups in total. The second-order valence-electron chi connectivity index (χ2n) is 7.53. The number of carbonyl (C=O) groups is 3. The van der Waals surface area contributed by atoms with Gasteiger partial charge in [-0.25, -0.2) is 4.79 Å². The summed E-state index contributed by atoms with van der Waals surface area (Å²) in [5.41, 5.74) is 0.755. The number of benzene rings is 1. The Labute approximate surface area is 154 Å². The van der Waals surface area contributed by atoms with Crippen molar-refractivity contribution in [2.45, 2.75) is 64.0 Å². The van der Waals surface area contributed by atoms with Crippen molar-refractivity contribution in [1.29, 1.82) is 0 Å². The van der Waals surface area contributed by atoms with Gasteiger partial charge in [0.25, 0.3) is 5.91 Å². The van der Waals surface area contributed by atoms with Crippen molar-refractivity contribution in [2.24, 2.45) is 0 Å². The number of hydrogen-bond acceptors (Lipinski definition) is 3. The highest BCUT2D eigenvalue weighted by Gasteiger charge is 2.48. The molecule has 1 aliphatic carbocycles. The van der Waals surface area contributed by atoms with Gasteiger partial charge in [0.05, 0.1) is 0 Å². The molecule has 26 heavy (non-hydrogen) atoms. The monoisotopic (exact) mass is 357 g/mol. The summed E-state index contributed by atoms with van der Waals surface area (Å²) in [6, 6.07) is 7.33. The molecule has 0 radical (unpaired) electrons. The minimum atomic E-state index is -1.08. The van der Waals surface area contributed by atoms with Crippen LogP contribution in [0.5, 0.6) is 0 Å². The Balaban J connectivity index is 1.60. The van der Waals surface area contributed by atoms with Crippen molar-refractivity contribution >= 4 is 17.8 Å². The number of rotatable bonds is 5. The molecular formula is C20H27N3O3. The summed E-state index contributed by atoms with van der Waals surface area (Å²) in [5, 5.41) is 5.80. The normalized spacial score (nSPS) is 23.8. The molecule has 1 aromatic rings. The predicted molar refractivity (Wildman–Crippen MR) is 98.4 cm³/mol. The van der Waals surface area contributed by atoms with Crippen LogP contribution in [0.3, 0.4) is 0 Å². The molecule has 0 bridgehead atoms. The van der Waals surface area contributed by atoms with Crippen molar-refractivity contribution in [3.05, 3.63) is 35.4 Å². The van der Waals surface area contributed by atoms with Crippen LogP contribution in [0.1, 0.15) is 56.6 Å². The fourth-order valence-electron chi connectivity index (χ4n) is 3.74. The Kier molecular flexibility index (Phi) is 5.30. The number of amides is 4. The van der Waals surface area contributed by atoms with E-state index in [9.17, 15) is 14.4 Å². The first kappa shape index (κ1) is 18.4. The van der Waals surface area contributed by atoms with Gasteiger partial charge in [-0.3, -0.25) is 14.5 Å². The van der Waals surface area contributed by atoms with Gasteiger partial charge in [0.1, 0.15) is 5.54 Å². The van der Waals surface area contributed by atoms with E-state index in [1.807, 2.05) is 31.2 Å². The summed E-state index contributed by atoms with van der Waals surface area (Å²) in [7, 11) is 0. The van der Waals surface area contributed by atoms with Gasteiger partial charge in [-0.05, 0) is 32.3 Å². The molecule has 1 saturated heterocycles. The van der Waals surface area contributed by atoms with E-state index in [0.29, 0.717) is 0 Å². The molecule has 6 nitrogen and oxygen atoms in total. The number of nitrogens with zero attached hydrogens (tertiary/aromatic N) is 1. The average Bonchev–Trinajstić information content (AvgIpc) is 2.84. The zero-order valence-electron chi connectivity index (χ0n) is 15.5. The van der Waals surface area contributed by atoms with Crippen LogP contribution in [0.25, 0.3) is 0 Å². The fraction of sp³-hybridized carbons (Fsp3) is 0.550. The van der Waals surface area contributed by atoms with Gasteiger partial charge in [0.2, 0.25) is 5.91 Å². The van der Waals surface area contributed by atoms with Crippen LogP contribution >= 0.6 is 0 Å². The second kappa shape index (κ2) is 7.48. The van der Waals surface area contributed by atoms with E-state index in [1.165, 1.54) is 6.42 Å². The highest BCUT2D eigenvalue weighted by atomic mass is 16.2. The third kappa shape index (κ3) is 3.74. The summed E-state index contributed by atoms with van der Waals surface area (Å²) in [5.74, 6) is -0.404. The standard InChI is InChI=1S/C20H27N3O3/c1-14-8-10-15(11-9-14)20(2)18(25)23(19(26)22-20)13-12-17(24)21-16-6-4-3-5-7-16/h8-11,16H,3-7,12-13H2,1-2H3,(H,21,24)(H,22,26). The summed E-state index contributed by atoms with van der Waals surface area (Å²) in [4.78, 5) is 38.5. The number of hydrogen-bond donors (Lipinski definition) is 2. The first-order chi connectivity index (χ1) is 12.4. The molecule has 0 aromatic heterocycles. The van der Waals surface area contributed by atoms with Gasteiger partial charge in [0.15, 0.2) is 0 Å². The van der Waals surface area contributed by atoms with E-state index in [-0.39, 0.29) is 30.8 Å². The molecule has 1 atom stereocenters. The summed E-state index contributed by atoms with van der Waals surface area (Å²) >= 11 is 0. The van der Waals surface area contributed by atoms with Crippen LogP contribution in [-0.2, 0) is 15.1 Å². The lowest BCUT2D eigenvalue weighted by Gasteiger charge is -2.24. The number of nitrogens with one attached hydrogen (secondary N) is 2. The average molecular weight is 357 g/mol. The third-order valence-electron chi connectivity index (χ3n) is 5.44. The maximum absolute atomic E-state index is 12.8. The quantitative estimate of drug-likeness (QED) is 0.795. The molecule has 2 aliphatic rings. The molecule has 1 aliphatic heterocycles. The van der Waals surface area contributed by atoms with Gasteiger partial charge in [-0.15, -0.1) is 0 Å². The van der Waals surface area contributed by atoms with Crippen LogP contribution in [0.2, 0.25) is 0 Å². The van der Waals surface area contributed by atoms with Gasteiger partial charge in [0, 0.05) is 19.0 Å². The topological polar surface area (TPSA) is 78.5 Å². The molecule has 6 heteroatoms. The molecule has 2 fully saturated rings. The molecule has 0 spiro atoms. The predicted octanol–water partition coefficient (Wildman–Crippen LogP) is 2.60. The lowest BCUT2D eigenvalue weighted by molar-refractivity contribution is -0.131. The molecule has 140 valence electrons. The zero-order chi connectivity index (χ0) is 18.7. The summed E-state index contributed by atoms with van der Waals surface area (Å²) in [6.07, 6.45) is 5.69. The fourth-order valence-corrected chi connectivity index (χ4v) is 3.74. The highest BCUT2D eigenvalue weighted by molar-refractivity contribution is 6.07. The Hall–Kier alpha value is -2.37. The van der Waals surface area contributed by atoms with E-state index < -0.39 is 11.6 Å². The van der Waals surface area contributed by atoms with E-state index >= 15 is 0 Å². The number of carbonyl (C=O) groups excluding carboxylic acids is 3. The van der Waals surface area contributed by atoms with Crippen molar-refractivity contribution in [3.8, 4) is 0 Å². The summed E-state index contributed by atoms with van der Waals surface area (Å²) in [6.45, 7) is 3.78. The first-order valence-corrected chi connectivity index (χ1v) is 9.41. The Morgan fingerprint density at radius 3 is 2.50 bits per heavy atom. The number of aryl methyl sites for hydroxylation is 1. The van der Waals surface area contributed by atoms with Crippen molar-refractivity contribution < 1.29 is 14.4 Å². The van der Waals surface area contributed by atoms with E-state index in [0.717, 1.165) is 41.7 Å². The van der Waals surface area contributed by atoms with E-state index in [1.54, 1.807) is 6.92 Å². The minimum Gasteiger partial charge on any atom is -0.353 e. The minimum absolute atomic E-state index is 0.0959. The second-order valence-corrected chi connectivity index (χ2v) is 7.53.